The fraction of sp³-hybridized carbons (Fsp3) is 1.00. The SMILES string of the molecule is CC(C)CC(CO[Si](C)(C)C)O[Si](C)(C)C. The van der Waals surface area contributed by atoms with Crippen LogP contribution < -0.4 is 0 Å². The molecule has 0 aliphatic carbocycles. The van der Waals surface area contributed by atoms with E-state index < -0.39 is 16.6 Å². The maximum Gasteiger partial charge on any atom is 0.184 e. The predicted molar refractivity (Wildman–Crippen MR) is 77.0 cm³/mol. The molecule has 1 atom stereocenters. The zero-order valence-corrected chi connectivity index (χ0v) is 14.4. The summed E-state index contributed by atoms with van der Waals surface area (Å²) in [6.45, 7) is 18.7. The highest BCUT2D eigenvalue weighted by atomic mass is 28.4. The van der Waals surface area contributed by atoms with Gasteiger partial charge in [0.05, 0.1) is 12.7 Å². The highest BCUT2D eigenvalue weighted by molar-refractivity contribution is 6.70. The first kappa shape index (κ1) is 16.4. The normalized spacial score (nSPS) is 15.6. The van der Waals surface area contributed by atoms with Crippen LogP contribution in [0.2, 0.25) is 39.3 Å². The molecule has 0 aliphatic heterocycles. The average molecular weight is 263 g/mol. The van der Waals surface area contributed by atoms with Crippen LogP contribution in [0.25, 0.3) is 0 Å². The van der Waals surface area contributed by atoms with Crippen LogP contribution >= 0.6 is 0 Å². The summed E-state index contributed by atoms with van der Waals surface area (Å²) in [5.74, 6) is 0.673. The average Bonchev–Trinajstić information content (AvgIpc) is 1.94. The molecule has 0 radical (unpaired) electrons. The van der Waals surface area contributed by atoms with Gasteiger partial charge < -0.3 is 8.85 Å². The Hall–Kier alpha value is 0.354. The van der Waals surface area contributed by atoms with E-state index in [2.05, 4.69) is 53.1 Å². The zero-order valence-electron chi connectivity index (χ0n) is 12.4. The van der Waals surface area contributed by atoms with Crippen molar-refractivity contribution in [2.45, 2.75) is 65.7 Å². The van der Waals surface area contributed by atoms with E-state index in [-0.39, 0.29) is 0 Å². The second-order valence-corrected chi connectivity index (χ2v) is 15.9. The van der Waals surface area contributed by atoms with Crippen LogP contribution in [0.1, 0.15) is 20.3 Å². The monoisotopic (exact) mass is 262 g/mol. The van der Waals surface area contributed by atoms with Gasteiger partial charge in [0.25, 0.3) is 0 Å². The Labute approximate surface area is 104 Å². The van der Waals surface area contributed by atoms with Crippen LogP contribution in [0.3, 0.4) is 0 Å². The zero-order chi connectivity index (χ0) is 13.0. The Bertz CT molecular complexity index is 192. The van der Waals surface area contributed by atoms with Crippen molar-refractivity contribution in [1.82, 2.24) is 0 Å². The molecule has 0 N–H and O–H groups in total. The van der Waals surface area contributed by atoms with Crippen molar-refractivity contribution in [1.29, 1.82) is 0 Å². The molecule has 0 aromatic heterocycles. The molecule has 0 fully saturated rings. The summed E-state index contributed by atoms with van der Waals surface area (Å²) >= 11 is 0. The Kier molecular flexibility index (Phi) is 6.47. The maximum atomic E-state index is 6.18. The lowest BCUT2D eigenvalue weighted by Gasteiger charge is -2.30. The van der Waals surface area contributed by atoms with E-state index in [1.54, 1.807) is 0 Å². The summed E-state index contributed by atoms with van der Waals surface area (Å²) in [6, 6.07) is 0. The van der Waals surface area contributed by atoms with E-state index in [4.69, 9.17) is 8.85 Å². The van der Waals surface area contributed by atoms with Crippen molar-refractivity contribution in [3.05, 3.63) is 0 Å². The van der Waals surface area contributed by atoms with E-state index in [1.165, 1.54) is 0 Å². The first-order chi connectivity index (χ1) is 6.99. The Morgan fingerprint density at radius 2 is 1.38 bits per heavy atom. The third-order valence-corrected chi connectivity index (χ3v) is 4.03. The molecule has 0 rings (SSSR count). The molecule has 0 spiro atoms. The number of hydrogen-bond donors (Lipinski definition) is 0. The van der Waals surface area contributed by atoms with Crippen molar-refractivity contribution < 1.29 is 8.85 Å². The van der Waals surface area contributed by atoms with Crippen molar-refractivity contribution in [3.63, 3.8) is 0 Å². The molecule has 16 heavy (non-hydrogen) atoms. The summed E-state index contributed by atoms with van der Waals surface area (Å²) in [4.78, 5) is 0. The van der Waals surface area contributed by atoms with Crippen LogP contribution in [-0.4, -0.2) is 29.3 Å². The van der Waals surface area contributed by atoms with Crippen LogP contribution in [0.5, 0.6) is 0 Å². The largest absolute Gasteiger partial charge is 0.415 e. The minimum atomic E-state index is -1.45. The molecule has 4 heteroatoms. The molecule has 0 bridgehead atoms. The Balaban J connectivity index is 4.22. The topological polar surface area (TPSA) is 18.5 Å². The summed E-state index contributed by atoms with van der Waals surface area (Å²) in [5, 5.41) is 0. The molecule has 0 heterocycles. The van der Waals surface area contributed by atoms with Crippen LogP contribution in [0, 0.1) is 5.92 Å². The van der Waals surface area contributed by atoms with Crippen molar-refractivity contribution >= 4 is 16.6 Å². The molecule has 1 unspecified atom stereocenters. The van der Waals surface area contributed by atoms with Crippen LogP contribution in [0.4, 0.5) is 0 Å². The van der Waals surface area contributed by atoms with Gasteiger partial charge in [-0.1, -0.05) is 13.8 Å². The van der Waals surface area contributed by atoms with Crippen molar-refractivity contribution in [2.75, 3.05) is 6.61 Å². The first-order valence-electron chi connectivity index (χ1n) is 6.31. The van der Waals surface area contributed by atoms with Gasteiger partial charge in [-0.2, -0.15) is 0 Å². The van der Waals surface area contributed by atoms with E-state index in [1.807, 2.05) is 0 Å². The molecule has 0 saturated carbocycles. The molecule has 98 valence electrons. The number of hydrogen-bond acceptors (Lipinski definition) is 2. The van der Waals surface area contributed by atoms with Crippen molar-refractivity contribution in [3.8, 4) is 0 Å². The highest BCUT2D eigenvalue weighted by Gasteiger charge is 2.24. The molecule has 0 aliphatic rings. The molecular weight excluding hydrogens is 232 g/mol. The first-order valence-corrected chi connectivity index (χ1v) is 13.1. The highest BCUT2D eigenvalue weighted by Crippen LogP contribution is 2.16. The fourth-order valence-electron chi connectivity index (χ4n) is 1.52. The molecule has 0 amide bonds. The van der Waals surface area contributed by atoms with Gasteiger partial charge in [-0.25, -0.2) is 0 Å². The van der Waals surface area contributed by atoms with Gasteiger partial charge in [0.1, 0.15) is 0 Å². The smallest absolute Gasteiger partial charge is 0.184 e. The third-order valence-electron chi connectivity index (χ3n) is 1.96. The summed E-state index contributed by atoms with van der Waals surface area (Å²) in [7, 11) is -2.86. The third kappa shape index (κ3) is 10.9. The minimum Gasteiger partial charge on any atom is -0.415 e. The van der Waals surface area contributed by atoms with Gasteiger partial charge in [0.15, 0.2) is 16.6 Å². The van der Waals surface area contributed by atoms with Gasteiger partial charge in [0.2, 0.25) is 0 Å². The van der Waals surface area contributed by atoms with E-state index in [9.17, 15) is 0 Å². The Morgan fingerprint density at radius 3 is 1.69 bits per heavy atom. The standard InChI is InChI=1S/C12H30O2Si2/c1-11(2)9-12(14-16(6,7)8)10-13-15(3,4)5/h11-12H,9-10H2,1-8H3. The second kappa shape index (κ2) is 6.33. The molecule has 0 saturated heterocycles. The van der Waals surface area contributed by atoms with E-state index >= 15 is 0 Å². The minimum absolute atomic E-state index is 0.290. The number of rotatable bonds is 7. The van der Waals surface area contributed by atoms with E-state index in [0.717, 1.165) is 13.0 Å². The molecule has 0 aromatic carbocycles. The molecular formula is C12H30O2Si2. The summed E-state index contributed by atoms with van der Waals surface area (Å²) < 4.78 is 12.2. The van der Waals surface area contributed by atoms with Crippen molar-refractivity contribution in [2.24, 2.45) is 5.92 Å². The molecule has 2 nitrogen and oxygen atoms in total. The quantitative estimate of drug-likeness (QED) is 0.643. The lowest BCUT2D eigenvalue weighted by atomic mass is 10.1. The summed E-state index contributed by atoms with van der Waals surface area (Å²) in [6.07, 6.45) is 1.40. The van der Waals surface area contributed by atoms with Gasteiger partial charge in [-0.15, -0.1) is 0 Å². The van der Waals surface area contributed by atoms with Gasteiger partial charge in [-0.3, -0.25) is 0 Å². The van der Waals surface area contributed by atoms with Crippen LogP contribution in [-0.2, 0) is 8.85 Å². The maximum absolute atomic E-state index is 6.18. The Morgan fingerprint density at radius 1 is 0.875 bits per heavy atom. The lowest BCUT2D eigenvalue weighted by molar-refractivity contribution is 0.101. The fourth-order valence-corrected chi connectivity index (χ4v) is 3.37. The van der Waals surface area contributed by atoms with E-state index in [0.29, 0.717) is 12.0 Å². The molecule has 0 aromatic rings. The van der Waals surface area contributed by atoms with Gasteiger partial charge >= 0.3 is 0 Å². The lowest BCUT2D eigenvalue weighted by Crippen LogP contribution is -2.38. The van der Waals surface area contributed by atoms with Gasteiger partial charge in [0, 0.05) is 0 Å². The van der Waals surface area contributed by atoms with Gasteiger partial charge in [-0.05, 0) is 51.6 Å². The predicted octanol–water partition coefficient (Wildman–Crippen LogP) is 4.10. The summed E-state index contributed by atoms with van der Waals surface area (Å²) in [5.41, 5.74) is 0. The second-order valence-electron chi connectivity index (χ2n) is 6.91. The van der Waals surface area contributed by atoms with Crippen LogP contribution in [0.15, 0.2) is 0 Å².